The summed E-state index contributed by atoms with van der Waals surface area (Å²) in [7, 11) is 1.45. The SMILES string of the molecule is COc1cc(/C=N/NC(=O)Cc2ccccc2)ccc1OCC(=O)Nc1cccc([N+](=O)[O-])c1. The van der Waals surface area contributed by atoms with Crippen LogP contribution in [0.15, 0.2) is 77.9 Å². The van der Waals surface area contributed by atoms with Gasteiger partial charge in [0.1, 0.15) is 0 Å². The van der Waals surface area contributed by atoms with Crippen LogP contribution in [0.25, 0.3) is 0 Å². The van der Waals surface area contributed by atoms with Gasteiger partial charge >= 0.3 is 0 Å². The summed E-state index contributed by atoms with van der Waals surface area (Å²) in [6, 6.07) is 19.8. The fourth-order valence-electron chi connectivity index (χ4n) is 2.92. The summed E-state index contributed by atoms with van der Waals surface area (Å²) < 4.78 is 10.8. The highest BCUT2D eigenvalue weighted by Crippen LogP contribution is 2.27. The lowest BCUT2D eigenvalue weighted by molar-refractivity contribution is -0.384. The summed E-state index contributed by atoms with van der Waals surface area (Å²) in [4.78, 5) is 34.4. The molecule has 174 valence electrons. The monoisotopic (exact) mass is 462 g/mol. The molecule has 0 heterocycles. The standard InChI is InChI=1S/C24H22N4O6/c1-33-22-12-18(15-25-27-23(29)13-17-6-3-2-4-7-17)10-11-21(22)34-16-24(30)26-19-8-5-9-20(14-19)28(31)32/h2-12,14-15H,13,16H2,1H3,(H,26,30)(H,27,29)/b25-15+. The molecule has 0 spiro atoms. The molecule has 0 saturated carbocycles. The van der Waals surface area contributed by atoms with Gasteiger partial charge in [-0.3, -0.25) is 19.7 Å². The number of hydrogen-bond acceptors (Lipinski definition) is 7. The first-order valence-electron chi connectivity index (χ1n) is 10.2. The van der Waals surface area contributed by atoms with Crippen LogP contribution in [0.3, 0.4) is 0 Å². The number of rotatable bonds is 10. The Balaban J connectivity index is 1.53. The molecule has 10 heteroatoms. The van der Waals surface area contributed by atoms with Gasteiger partial charge in [-0.25, -0.2) is 5.43 Å². The minimum absolute atomic E-state index is 0.131. The van der Waals surface area contributed by atoms with Crippen LogP contribution in [-0.4, -0.2) is 36.7 Å². The molecule has 10 nitrogen and oxygen atoms in total. The lowest BCUT2D eigenvalue weighted by Crippen LogP contribution is -2.20. The number of hydrogen-bond donors (Lipinski definition) is 2. The number of amides is 2. The van der Waals surface area contributed by atoms with Gasteiger partial charge in [0.15, 0.2) is 18.1 Å². The van der Waals surface area contributed by atoms with E-state index in [1.54, 1.807) is 18.2 Å². The van der Waals surface area contributed by atoms with Crippen LogP contribution in [0.4, 0.5) is 11.4 Å². The van der Waals surface area contributed by atoms with Crippen molar-refractivity contribution in [2.24, 2.45) is 5.10 Å². The predicted molar refractivity (Wildman–Crippen MR) is 126 cm³/mol. The Morgan fingerprint density at radius 3 is 2.53 bits per heavy atom. The second kappa shape index (κ2) is 11.8. The second-order valence-corrected chi connectivity index (χ2v) is 7.01. The second-order valence-electron chi connectivity index (χ2n) is 7.01. The zero-order chi connectivity index (χ0) is 24.3. The van der Waals surface area contributed by atoms with E-state index in [1.165, 1.54) is 37.6 Å². The summed E-state index contributed by atoms with van der Waals surface area (Å²) in [6.07, 6.45) is 1.68. The number of hydrazone groups is 1. The van der Waals surface area contributed by atoms with Gasteiger partial charge in [-0.15, -0.1) is 0 Å². The van der Waals surface area contributed by atoms with Crippen molar-refractivity contribution in [1.29, 1.82) is 0 Å². The molecule has 0 aliphatic heterocycles. The van der Waals surface area contributed by atoms with Crippen molar-refractivity contribution in [3.8, 4) is 11.5 Å². The van der Waals surface area contributed by atoms with Gasteiger partial charge in [0.25, 0.3) is 11.6 Å². The molecule has 0 bridgehead atoms. The first-order chi connectivity index (χ1) is 16.4. The number of nitrogens with one attached hydrogen (secondary N) is 2. The minimum atomic E-state index is -0.545. The molecule has 3 aromatic rings. The molecule has 3 aromatic carbocycles. The van der Waals surface area contributed by atoms with Crippen molar-refractivity contribution in [3.63, 3.8) is 0 Å². The Bertz CT molecular complexity index is 1200. The maximum Gasteiger partial charge on any atom is 0.271 e. The smallest absolute Gasteiger partial charge is 0.271 e. The summed E-state index contributed by atoms with van der Waals surface area (Å²) in [5.41, 5.74) is 4.15. The third-order valence-electron chi connectivity index (χ3n) is 4.50. The van der Waals surface area contributed by atoms with Crippen LogP contribution in [0.5, 0.6) is 11.5 Å². The minimum Gasteiger partial charge on any atom is -0.493 e. The number of nitrogens with zero attached hydrogens (tertiary/aromatic N) is 2. The fourth-order valence-corrected chi connectivity index (χ4v) is 2.92. The Morgan fingerprint density at radius 1 is 1.00 bits per heavy atom. The number of nitro benzene ring substituents is 1. The highest BCUT2D eigenvalue weighted by Gasteiger charge is 2.11. The van der Waals surface area contributed by atoms with E-state index in [9.17, 15) is 19.7 Å². The molecule has 0 aromatic heterocycles. The van der Waals surface area contributed by atoms with Crippen LogP contribution in [0, 0.1) is 10.1 Å². The number of anilines is 1. The highest BCUT2D eigenvalue weighted by atomic mass is 16.6. The van der Waals surface area contributed by atoms with Crippen molar-refractivity contribution in [1.82, 2.24) is 5.43 Å². The maximum absolute atomic E-state index is 12.2. The van der Waals surface area contributed by atoms with E-state index in [0.29, 0.717) is 17.1 Å². The van der Waals surface area contributed by atoms with E-state index < -0.39 is 10.8 Å². The Hall–Kier alpha value is -4.73. The lowest BCUT2D eigenvalue weighted by Gasteiger charge is -2.11. The van der Waals surface area contributed by atoms with E-state index in [-0.39, 0.29) is 30.3 Å². The fraction of sp³-hybridized carbons (Fsp3) is 0.125. The van der Waals surface area contributed by atoms with Gasteiger partial charge < -0.3 is 14.8 Å². The first kappa shape index (κ1) is 23.9. The molecule has 0 unspecified atom stereocenters. The zero-order valence-corrected chi connectivity index (χ0v) is 18.3. The molecule has 34 heavy (non-hydrogen) atoms. The molecular weight excluding hydrogens is 440 g/mol. The normalized spacial score (nSPS) is 10.5. The largest absolute Gasteiger partial charge is 0.493 e. The van der Waals surface area contributed by atoms with Gasteiger partial charge in [-0.05, 0) is 35.4 Å². The third kappa shape index (κ3) is 7.16. The number of carbonyl (C=O) groups is 2. The summed E-state index contributed by atoms with van der Waals surface area (Å²) in [5, 5.41) is 17.3. The van der Waals surface area contributed by atoms with Crippen LogP contribution in [-0.2, 0) is 16.0 Å². The van der Waals surface area contributed by atoms with Crippen molar-refractivity contribution in [3.05, 3.63) is 94.0 Å². The molecule has 0 fully saturated rings. The van der Waals surface area contributed by atoms with Crippen LogP contribution in [0.1, 0.15) is 11.1 Å². The predicted octanol–water partition coefficient (Wildman–Crippen LogP) is 3.31. The quantitative estimate of drug-likeness (QED) is 0.270. The maximum atomic E-state index is 12.2. The van der Waals surface area contributed by atoms with E-state index in [4.69, 9.17) is 9.47 Å². The van der Waals surface area contributed by atoms with E-state index in [1.807, 2.05) is 30.3 Å². The molecule has 0 atom stereocenters. The number of ether oxygens (including phenoxy) is 2. The summed E-state index contributed by atoms with van der Waals surface area (Å²) >= 11 is 0. The van der Waals surface area contributed by atoms with Gasteiger partial charge in [0.05, 0.1) is 24.7 Å². The summed E-state index contributed by atoms with van der Waals surface area (Å²) in [6.45, 7) is -0.331. The zero-order valence-electron chi connectivity index (χ0n) is 18.3. The Morgan fingerprint density at radius 2 is 1.79 bits per heavy atom. The Labute approximate surface area is 195 Å². The molecule has 0 radical (unpaired) electrons. The highest BCUT2D eigenvalue weighted by molar-refractivity contribution is 5.92. The van der Waals surface area contributed by atoms with E-state index >= 15 is 0 Å². The Kier molecular flexibility index (Phi) is 8.28. The van der Waals surface area contributed by atoms with Crippen LogP contribution >= 0.6 is 0 Å². The van der Waals surface area contributed by atoms with Gasteiger partial charge in [0.2, 0.25) is 5.91 Å². The third-order valence-corrected chi connectivity index (χ3v) is 4.50. The first-order valence-corrected chi connectivity index (χ1v) is 10.2. The average Bonchev–Trinajstić information content (AvgIpc) is 2.83. The number of non-ortho nitro benzene ring substituents is 1. The molecule has 2 amide bonds. The van der Waals surface area contributed by atoms with Crippen molar-refractivity contribution < 1.29 is 24.0 Å². The average molecular weight is 462 g/mol. The number of carbonyl (C=O) groups excluding carboxylic acids is 2. The number of methoxy groups -OCH3 is 1. The van der Waals surface area contributed by atoms with Crippen molar-refractivity contribution in [2.75, 3.05) is 19.0 Å². The van der Waals surface area contributed by atoms with E-state index in [0.717, 1.165) is 5.56 Å². The number of benzene rings is 3. The van der Waals surface area contributed by atoms with E-state index in [2.05, 4.69) is 15.8 Å². The van der Waals surface area contributed by atoms with Crippen molar-refractivity contribution >= 4 is 29.4 Å². The van der Waals surface area contributed by atoms with Gasteiger partial charge in [0, 0.05) is 17.8 Å². The molecular formula is C24H22N4O6. The molecule has 3 rings (SSSR count). The molecule has 0 aliphatic carbocycles. The van der Waals surface area contributed by atoms with Crippen molar-refractivity contribution in [2.45, 2.75) is 6.42 Å². The topological polar surface area (TPSA) is 132 Å². The van der Waals surface area contributed by atoms with Crippen LogP contribution in [0.2, 0.25) is 0 Å². The number of nitro groups is 1. The molecule has 0 aliphatic rings. The van der Waals surface area contributed by atoms with Crippen LogP contribution < -0.4 is 20.2 Å². The molecule has 0 saturated heterocycles. The molecule has 2 N–H and O–H groups in total. The van der Waals surface area contributed by atoms with Gasteiger partial charge in [-0.2, -0.15) is 5.10 Å². The lowest BCUT2D eigenvalue weighted by atomic mass is 10.1. The van der Waals surface area contributed by atoms with Gasteiger partial charge in [-0.1, -0.05) is 36.4 Å². The summed E-state index contributed by atoms with van der Waals surface area (Å²) in [5.74, 6) is -0.0527.